The minimum absolute atomic E-state index is 0.0317. The predicted octanol–water partition coefficient (Wildman–Crippen LogP) is 5.53. The lowest BCUT2D eigenvalue weighted by molar-refractivity contribution is -0.0528. The molecule has 3 heterocycles. The molecular weight excluding hydrogens is 390 g/mol. The number of H-pyrrole nitrogens is 1. The van der Waals surface area contributed by atoms with Crippen LogP contribution in [0.4, 0.5) is 20.4 Å². The highest BCUT2D eigenvalue weighted by molar-refractivity contribution is 5.74. The molecule has 158 valence electrons. The molecule has 0 bridgehead atoms. The monoisotopic (exact) mass is 414 g/mol. The summed E-state index contributed by atoms with van der Waals surface area (Å²) >= 11 is 0. The molecule has 0 aliphatic carbocycles. The minimum Gasteiger partial charge on any atom is -0.415 e. The van der Waals surface area contributed by atoms with Gasteiger partial charge in [-0.05, 0) is 31.9 Å². The molecule has 30 heavy (non-hydrogen) atoms. The van der Waals surface area contributed by atoms with Gasteiger partial charge in [0.25, 0.3) is 0 Å². The van der Waals surface area contributed by atoms with Crippen molar-refractivity contribution in [3.05, 3.63) is 60.5 Å². The number of rotatable bonds is 9. The summed E-state index contributed by atoms with van der Waals surface area (Å²) in [5, 5.41) is 9.22. The maximum absolute atomic E-state index is 12.3. The molecule has 3 aromatic rings. The summed E-state index contributed by atoms with van der Waals surface area (Å²) in [4.78, 5) is 9.08. The summed E-state index contributed by atoms with van der Waals surface area (Å²) in [5.74, 6) is 0.606. The number of alkyl halides is 2. The second-order valence-corrected chi connectivity index (χ2v) is 6.49. The Bertz CT molecular complexity index is 1070. The van der Waals surface area contributed by atoms with Crippen molar-refractivity contribution < 1.29 is 13.5 Å². The van der Waals surface area contributed by atoms with E-state index >= 15 is 0 Å². The maximum atomic E-state index is 12.3. The van der Waals surface area contributed by atoms with E-state index < -0.39 is 6.61 Å². The lowest BCUT2D eigenvalue weighted by atomic mass is 10.1. The van der Waals surface area contributed by atoms with Gasteiger partial charge in [-0.1, -0.05) is 37.3 Å². The Hall–Kier alpha value is -3.49. The number of fused-ring (bicyclic) bond motifs is 1. The maximum Gasteiger partial charge on any atom is 0.388 e. The van der Waals surface area contributed by atoms with Crippen LogP contribution in [0.1, 0.15) is 33.2 Å². The van der Waals surface area contributed by atoms with E-state index in [1.807, 2.05) is 35.9 Å². The Morgan fingerprint density at radius 2 is 2.23 bits per heavy atom. The summed E-state index contributed by atoms with van der Waals surface area (Å²) in [6.07, 6.45) is 14.8. The van der Waals surface area contributed by atoms with Crippen LogP contribution in [0.2, 0.25) is 0 Å². The second-order valence-electron chi connectivity index (χ2n) is 6.49. The number of halogens is 2. The number of ether oxygens (including phenoxy) is 1. The molecular formula is C21H24F2N6O. The van der Waals surface area contributed by atoms with E-state index in [1.165, 1.54) is 6.07 Å². The van der Waals surface area contributed by atoms with Gasteiger partial charge in [0.05, 0.1) is 12.2 Å². The largest absolute Gasteiger partial charge is 0.415 e. The molecule has 1 atom stereocenters. The van der Waals surface area contributed by atoms with E-state index in [4.69, 9.17) is 0 Å². The number of allylic oxidation sites excluding steroid dienone is 6. The van der Waals surface area contributed by atoms with E-state index in [0.29, 0.717) is 17.3 Å². The number of aromatic nitrogens is 5. The van der Waals surface area contributed by atoms with Crippen LogP contribution < -0.4 is 10.1 Å². The highest BCUT2D eigenvalue weighted by Crippen LogP contribution is 2.26. The zero-order chi connectivity index (χ0) is 21.5. The third-order valence-corrected chi connectivity index (χ3v) is 4.37. The van der Waals surface area contributed by atoms with Gasteiger partial charge in [0, 0.05) is 12.3 Å². The van der Waals surface area contributed by atoms with Crippen molar-refractivity contribution in [3.63, 3.8) is 0 Å². The third kappa shape index (κ3) is 5.11. The topological polar surface area (TPSA) is 80.6 Å². The summed E-state index contributed by atoms with van der Waals surface area (Å²) in [7, 11) is 0. The Morgan fingerprint density at radius 3 is 2.97 bits per heavy atom. The SMILES string of the molecule is C\C=C/C=C(\C=C/CC)C(C)n1ccc2ncc(Nc3cc(OC(F)F)n[nH]3)nc21. The van der Waals surface area contributed by atoms with E-state index in [2.05, 4.69) is 62.3 Å². The van der Waals surface area contributed by atoms with Crippen LogP contribution in [0.25, 0.3) is 11.2 Å². The van der Waals surface area contributed by atoms with Gasteiger partial charge in [-0.3, -0.25) is 5.10 Å². The average Bonchev–Trinajstić information content (AvgIpc) is 3.33. The van der Waals surface area contributed by atoms with Crippen molar-refractivity contribution >= 4 is 22.8 Å². The zero-order valence-electron chi connectivity index (χ0n) is 17.0. The molecule has 2 N–H and O–H groups in total. The summed E-state index contributed by atoms with van der Waals surface area (Å²) < 4.78 is 30.9. The lowest BCUT2D eigenvalue weighted by Gasteiger charge is -2.16. The predicted molar refractivity (Wildman–Crippen MR) is 113 cm³/mol. The van der Waals surface area contributed by atoms with Crippen LogP contribution in [0.15, 0.2) is 60.5 Å². The van der Waals surface area contributed by atoms with Crippen molar-refractivity contribution in [1.82, 2.24) is 24.7 Å². The van der Waals surface area contributed by atoms with Crippen LogP contribution in [0.5, 0.6) is 5.88 Å². The number of aromatic amines is 1. The molecule has 3 aromatic heterocycles. The molecule has 0 saturated heterocycles. The number of hydrogen-bond donors (Lipinski definition) is 2. The third-order valence-electron chi connectivity index (χ3n) is 4.37. The van der Waals surface area contributed by atoms with Gasteiger partial charge in [-0.15, -0.1) is 5.10 Å². The van der Waals surface area contributed by atoms with Crippen LogP contribution in [-0.2, 0) is 0 Å². The molecule has 0 saturated carbocycles. The average molecular weight is 414 g/mol. The Kier molecular flexibility index (Phi) is 6.95. The molecule has 0 aliphatic rings. The molecule has 7 nitrogen and oxygen atoms in total. The van der Waals surface area contributed by atoms with Gasteiger partial charge >= 0.3 is 6.61 Å². The first-order chi connectivity index (χ1) is 14.5. The van der Waals surface area contributed by atoms with Gasteiger partial charge in [0.2, 0.25) is 5.88 Å². The molecule has 0 amide bonds. The van der Waals surface area contributed by atoms with Crippen molar-refractivity contribution in [2.24, 2.45) is 0 Å². The van der Waals surface area contributed by atoms with Crippen LogP contribution in [-0.4, -0.2) is 31.3 Å². The zero-order valence-corrected chi connectivity index (χ0v) is 17.0. The fourth-order valence-corrected chi connectivity index (χ4v) is 2.90. The Labute approximate surface area is 173 Å². The van der Waals surface area contributed by atoms with Crippen molar-refractivity contribution in [2.45, 2.75) is 39.8 Å². The number of hydrogen-bond acceptors (Lipinski definition) is 5. The van der Waals surface area contributed by atoms with Gasteiger partial charge in [0.15, 0.2) is 11.5 Å². The first kappa shape index (κ1) is 21.2. The lowest BCUT2D eigenvalue weighted by Crippen LogP contribution is -2.07. The first-order valence-corrected chi connectivity index (χ1v) is 9.62. The van der Waals surface area contributed by atoms with Crippen LogP contribution in [0.3, 0.4) is 0 Å². The summed E-state index contributed by atoms with van der Waals surface area (Å²) in [6.45, 7) is 3.23. The Morgan fingerprint density at radius 1 is 1.40 bits per heavy atom. The highest BCUT2D eigenvalue weighted by Gasteiger charge is 2.14. The smallest absolute Gasteiger partial charge is 0.388 e. The molecule has 3 rings (SSSR count). The van der Waals surface area contributed by atoms with Crippen molar-refractivity contribution in [3.8, 4) is 5.88 Å². The Balaban J connectivity index is 1.88. The minimum atomic E-state index is -2.94. The van der Waals surface area contributed by atoms with E-state index in [-0.39, 0.29) is 11.9 Å². The van der Waals surface area contributed by atoms with Gasteiger partial charge in [-0.2, -0.15) is 8.78 Å². The number of nitrogens with one attached hydrogen (secondary N) is 2. The fraction of sp³-hybridized carbons (Fsp3) is 0.286. The van der Waals surface area contributed by atoms with Crippen molar-refractivity contribution in [1.29, 1.82) is 0 Å². The number of anilines is 2. The molecule has 1 unspecified atom stereocenters. The quantitative estimate of drug-likeness (QED) is 0.450. The van der Waals surface area contributed by atoms with E-state index in [9.17, 15) is 8.78 Å². The van der Waals surface area contributed by atoms with Crippen LogP contribution >= 0.6 is 0 Å². The van der Waals surface area contributed by atoms with Crippen molar-refractivity contribution in [2.75, 3.05) is 5.32 Å². The van der Waals surface area contributed by atoms with E-state index in [1.54, 1.807) is 6.20 Å². The summed E-state index contributed by atoms with van der Waals surface area (Å²) in [6, 6.07) is 3.27. The fourth-order valence-electron chi connectivity index (χ4n) is 2.90. The highest BCUT2D eigenvalue weighted by atomic mass is 19.3. The molecule has 0 aromatic carbocycles. The molecule has 0 spiro atoms. The molecule has 9 heteroatoms. The molecule has 0 radical (unpaired) electrons. The van der Waals surface area contributed by atoms with Gasteiger partial charge in [0.1, 0.15) is 11.3 Å². The molecule has 0 fully saturated rings. The normalized spacial score (nSPS) is 13.7. The molecule has 0 aliphatic heterocycles. The van der Waals surface area contributed by atoms with Gasteiger partial charge < -0.3 is 14.6 Å². The summed E-state index contributed by atoms with van der Waals surface area (Å²) in [5.41, 5.74) is 2.59. The second kappa shape index (κ2) is 9.82. The number of nitrogens with zero attached hydrogens (tertiary/aromatic N) is 4. The van der Waals surface area contributed by atoms with E-state index in [0.717, 1.165) is 17.5 Å². The first-order valence-electron chi connectivity index (χ1n) is 9.62. The standard InChI is InChI=1S/C21H24F2N6O/c1-4-6-8-15(9-7-5-2)14(3)29-11-10-16-20(29)26-18(13-24-16)25-17-12-19(28-27-17)30-21(22)23/h4,6-14,21H,5H2,1-3H3,(H2,25,26,27,28)/b6-4-,9-7-,15-8+. The van der Waals surface area contributed by atoms with Gasteiger partial charge in [-0.25, -0.2) is 9.97 Å². The van der Waals surface area contributed by atoms with Crippen LogP contribution in [0, 0.1) is 0 Å².